The molecule has 0 spiro atoms. The summed E-state index contributed by atoms with van der Waals surface area (Å²) in [5.74, 6) is 0.0260. The van der Waals surface area contributed by atoms with E-state index in [-0.39, 0.29) is 11.9 Å². The molecule has 1 saturated heterocycles. The molecule has 2 aromatic rings. The van der Waals surface area contributed by atoms with Crippen LogP contribution in [0.4, 0.5) is 0 Å². The third kappa shape index (κ3) is 3.71. The highest BCUT2D eigenvalue weighted by atomic mass is 32.1. The van der Waals surface area contributed by atoms with Crippen LogP contribution in [0.25, 0.3) is 0 Å². The molecule has 3 rings (SSSR count). The summed E-state index contributed by atoms with van der Waals surface area (Å²) in [4.78, 5) is 15.6. The normalized spacial score (nSPS) is 16.8. The van der Waals surface area contributed by atoms with Gasteiger partial charge in [0, 0.05) is 6.54 Å². The van der Waals surface area contributed by atoms with Crippen LogP contribution in [0.15, 0.2) is 47.8 Å². The molecule has 0 bridgehead atoms. The number of nitrogens with one attached hydrogen (secondary N) is 1. The van der Waals surface area contributed by atoms with Gasteiger partial charge in [-0.3, -0.25) is 4.79 Å². The number of carbonyl (C=O) groups excluding carboxylic acids is 1. The van der Waals surface area contributed by atoms with Crippen LogP contribution in [0, 0.1) is 0 Å². The number of likely N-dealkylation sites (tertiary alicyclic amines) is 1. The smallest absolute Gasteiger partial charge is 0.261 e. The van der Waals surface area contributed by atoms with Crippen LogP contribution in [0.3, 0.4) is 0 Å². The zero-order chi connectivity index (χ0) is 14.5. The maximum Gasteiger partial charge on any atom is 0.261 e. The van der Waals surface area contributed by atoms with Crippen LogP contribution in [0.5, 0.6) is 0 Å². The minimum atomic E-state index is 0.0260. The van der Waals surface area contributed by atoms with Crippen LogP contribution in [-0.4, -0.2) is 30.4 Å². The first kappa shape index (κ1) is 14.3. The maximum absolute atomic E-state index is 12.3. The summed E-state index contributed by atoms with van der Waals surface area (Å²) < 4.78 is 0. The standard InChI is InChI=1S/C17H20N2OS/c20-17(16-9-6-12-21-16)18-15(13-19-10-4-5-11-19)14-7-2-1-3-8-14/h1-3,6-9,12,15H,4-5,10-11,13H2,(H,18,20). The Morgan fingerprint density at radius 2 is 1.90 bits per heavy atom. The summed E-state index contributed by atoms with van der Waals surface area (Å²) in [5.41, 5.74) is 1.18. The van der Waals surface area contributed by atoms with Gasteiger partial charge in [-0.2, -0.15) is 0 Å². The number of hydrogen-bond donors (Lipinski definition) is 1. The van der Waals surface area contributed by atoms with Gasteiger partial charge in [-0.1, -0.05) is 36.4 Å². The van der Waals surface area contributed by atoms with E-state index < -0.39 is 0 Å². The molecular formula is C17H20N2OS. The zero-order valence-electron chi connectivity index (χ0n) is 12.0. The Morgan fingerprint density at radius 1 is 1.14 bits per heavy atom. The van der Waals surface area contributed by atoms with Crippen molar-refractivity contribution in [1.29, 1.82) is 0 Å². The van der Waals surface area contributed by atoms with Gasteiger partial charge in [0.15, 0.2) is 0 Å². The maximum atomic E-state index is 12.3. The van der Waals surface area contributed by atoms with E-state index in [0.717, 1.165) is 24.5 Å². The lowest BCUT2D eigenvalue weighted by atomic mass is 10.1. The van der Waals surface area contributed by atoms with Gasteiger partial charge in [-0.15, -0.1) is 11.3 Å². The van der Waals surface area contributed by atoms with Crippen molar-refractivity contribution in [3.8, 4) is 0 Å². The van der Waals surface area contributed by atoms with E-state index in [1.807, 2.05) is 35.7 Å². The molecule has 2 heterocycles. The number of thiophene rings is 1. The average Bonchev–Trinajstić information content (AvgIpc) is 3.21. The van der Waals surface area contributed by atoms with E-state index in [2.05, 4.69) is 22.3 Å². The van der Waals surface area contributed by atoms with Gasteiger partial charge in [0.1, 0.15) is 0 Å². The average molecular weight is 300 g/mol. The molecule has 3 nitrogen and oxygen atoms in total. The Morgan fingerprint density at radius 3 is 2.57 bits per heavy atom. The van der Waals surface area contributed by atoms with E-state index in [4.69, 9.17) is 0 Å². The van der Waals surface area contributed by atoms with Crippen LogP contribution in [0.1, 0.15) is 34.1 Å². The fourth-order valence-corrected chi connectivity index (χ4v) is 3.41. The van der Waals surface area contributed by atoms with Crippen molar-refractivity contribution in [2.75, 3.05) is 19.6 Å². The predicted octanol–water partition coefficient (Wildman–Crippen LogP) is 3.32. The van der Waals surface area contributed by atoms with Gasteiger partial charge in [-0.05, 0) is 42.9 Å². The highest BCUT2D eigenvalue weighted by Gasteiger charge is 2.21. The van der Waals surface area contributed by atoms with Gasteiger partial charge < -0.3 is 10.2 Å². The summed E-state index contributed by atoms with van der Waals surface area (Å²) in [6, 6.07) is 14.1. The lowest BCUT2D eigenvalue weighted by Crippen LogP contribution is -2.36. The highest BCUT2D eigenvalue weighted by molar-refractivity contribution is 7.12. The van der Waals surface area contributed by atoms with E-state index >= 15 is 0 Å². The zero-order valence-corrected chi connectivity index (χ0v) is 12.8. The number of nitrogens with zero attached hydrogens (tertiary/aromatic N) is 1. The van der Waals surface area contributed by atoms with Crippen LogP contribution in [0.2, 0.25) is 0 Å². The number of amides is 1. The highest BCUT2D eigenvalue weighted by Crippen LogP contribution is 2.19. The molecule has 21 heavy (non-hydrogen) atoms. The lowest BCUT2D eigenvalue weighted by molar-refractivity contribution is 0.0931. The summed E-state index contributed by atoms with van der Waals surface area (Å²) >= 11 is 1.49. The Balaban J connectivity index is 1.73. The lowest BCUT2D eigenvalue weighted by Gasteiger charge is -2.24. The number of benzene rings is 1. The molecule has 1 aliphatic rings. The first-order valence-corrected chi connectivity index (χ1v) is 8.32. The van der Waals surface area contributed by atoms with Crippen molar-refractivity contribution in [2.45, 2.75) is 18.9 Å². The fourth-order valence-electron chi connectivity index (χ4n) is 2.78. The first-order chi connectivity index (χ1) is 10.3. The van der Waals surface area contributed by atoms with Gasteiger partial charge in [0.25, 0.3) is 5.91 Å². The van der Waals surface area contributed by atoms with Gasteiger partial charge in [0.2, 0.25) is 0 Å². The summed E-state index contributed by atoms with van der Waals surface area (Å²) in [6.45, 7) is 3.16. The van der Waals surface area contributed by atoms with Gasteiger partial charge in [0.05, 0.1) is 10.9 Å². The predicted molar refractivity (Wildman–Crippen MR) is 86.6 cm³/mol. The van der Waals surface area contributed by atoms with Crippen molar-refractivity contribution in [1.82, 2.24) is 10.2 Å². The quantitative estimate of drug-likeness (QED) is 0.919. The Labute approximate surface area is 129 Å². The molecule has 1 atom stereocenters. The topological polar surface area (TPSA) is 32.3 Å². The van der Waals surface area contributed by atoms with Crippen LogP contribution in [-0.2, 0) is 0 Å². The molecule has 1 N–H and O–H groups in total. The largest absolute Gasteiger partial charge is 0.343 e. The van der Waals surface area contributed by atoms with Crippen molar-refractivity contribution in [3.05, 3.63) is 58.3 Å². The van der Waals surface area contributed by atoms with Crippen molar-refractivity contribution >= 4 is 17.2 Å². The van der Waals surface area contributed by atoms with E-state index in [9.17, 15) is 4.79 Å². The first-order valence-electron chi connectivity index (χ1n) is 7.44. The van der Waals surface area contributed by atoms with E-state index in [1.54, 1.807) is 0 Å². The fraction of sp³-hybridized carbons (Fsp3) is 0.353. The van der Waals surface area contributed by atoms with E-state index in [0.29, 0.717) is 0 Å². The number of hydrogen-bond acceptors (Lipinski definition) is 3. The van der Waals surface area contributed by atoms with Crippen LogP contribution >= 0.6 is 11.3 Å². The van der Waals surface area contributed by atoms with Gasteiger partial charge >= 0.3 is 0 Å². The SMILES string of the molecule is O=C(NC(CN1CCCC1)c1ccccc1)c1cccs1. The molecule has 110 valence electrons. The second kappa shape index (κ2) is 6.87. The van der Waals surface area contributed by atoms with Crippen LogP contribution < -0.4 is 5.32 Å². The second-order valence-corrected chi connectivity index (χ2v) is 6.37. The van der Waals surface area contributed by atoms with Crippen molar-refractivity contribution in [2.24, 2.45) is 0 Å². The molecule has 0 saturated carbocycles. The Hall–Kier alpha value is -1.65. The van der Waals surface area contributed by atoms with Gasteiger partial charge in [-0.25, -0.2) is 0 Å². The third-order valence-electron chi connectivity index (χ3n) is 3.89. The minimum Gasteiger partial charge on any atom is -0.343 e. The third-order valence-corrected chi connectivity index (χ3v) is 4.76. The van der Waals surface area contributed by atoms with Crippen molar-refractivity contribution in [3.63, 3.8) is 0 Å². The molecule has 4 heteroatoms. The molecule has 1 unspecified atom stereocenters. The minimum absolute atomic E-state index is 0.0260. The summed E-state index contributed by atoms with van der Waals surface area (Å²) in [6.07, 6.45) is 2.53. The molecule has 0 aliphatic carbocycles. The summed E-state index contributed by atoms with van der Waals surface area (Å²) in [7, 11) is 0. The van der Waals surface area contributed by atoms with E-state index in [1.165, 1.54) is 29.7 Å². The molecular weight excluding hydrogens is 280 g/mol. The second-order valence-electron chi connectivity index (χ2n) is 5.42. The van der Waals surface area contributed by atoms with Crippen molar-refractivity contribution < 1.29 is 4.79 Å². The molecule has 1 fully saturated rings. The molecule has 0 radical (unpaired) electrons. The monoisotopic (exact) mass is 300 g/mol. The molecule has 1 aliphatic heterocycles. The number of rotatable bonds is 5. The Bertz CT molecular complexity index is 562. The number of carbonyl (C=O) groups is 1. The molecule has 1 amide bonds. The Kier molecular flexibility index (Phi) is 4.68. The molecule has 1 aromatic heterocycles. The summed E-state index contributed by atoms with van der Waals surface area (Å²) in [5, 5.41) is 5.13. The molecule has 1 aromatic carbocycles.